The van der Waals surface area contributed by atoms with E-state index in [1.54, 1.807) is 11.8 Å². The number of rotatable bonds is 3. The summed E-state index contributed by atoms with van der Waals surface area (Å²) in [5.41, 5.74) is 0.636. The van der Waals surface area contributed by atoms with Crippen molar-refractivity contribution in [1.29, 1.82) is 0 Å². The topological polar surface area (TPSA) is 17.1 Å². The van der Waals surface area contributed by atoms with Crippen molar-refractivity contribution < 1.29 is 4.79 Å². The van der Waals surface area contributed by atoms with Crippen LogP contribution in [0, 0.1) is 0 Å². The van der Waals surface area contributed by atoms with Gasteiger partial charge in [-0.3, -0.25) is 0 Å². The summed E-state index contributed by atoms with van der Waals surface area (Å²) in [6, 6.07) is 6.06. The lowest BCUT2D eigenvalue weighted by molar-refractivity contribution is -0.111. The van der Waals surface area contributed by atoms with Gasteiger partial charge < -0.3 is 4.79 Å². The van der Waals surface area contributed by atoms with Crippen LogP contribution in [-0.4, -0.2) is 12.5 Å². The van der Waals surface area contributed by atoms with E-state index in [0.29, 0.717) is 0 Å². The Hall–Kier alpha value is -0.280. The lowest BCUT2D eigenvalue weighted by Gasteiger charge is -2.18. The molecule has 1 nitrogen and oxygen atoms in total. The predicted octanol–water partition coefficient (Wildman–Crippen LogP) is 3.65. The van der Waals surface area contributed by atoms with E-state index in [-0.39, 0.29) is 0 Å². The summed E-state index contributed by atoms with van der Waals surface area (Å²) in [7, 11) is 0. The van der Waals surface area contributed by atoms with E-state index in [1.807, 2.05) is 38.3 Å². The summed E-state index contributed by atoms with van der Waals surface area (Å²) in [5, 5.41) is 0. The summed E-state index contributed by atoms with van der Waals surface area (Å²) in [6.07, 6.45) is 3.01. The normalized spacial score (nSPS) is 11.4. The SMILES string of the molecule is CSc1ccc(C(C)(C)C=O)cc1Br. The molecule has 1 aromatic rings. The summed E-state index contributed by atoms with van der Waals surface area (Å²) in [6.45, 7) is 3.83. The smallest absolute Gasteiger partial charge is 0.129 e. The molecule has 0 amide bonds. The van der Waals surface area contributed by atoms with Gasteiger partial charge in [0.15, 0.2) is 0 Å². The average Bonchev–Trinajstić information content (AvgIpc) is 2.17. The van der Waals surface area contributed by atoms with E-state index < -0.39 is 5.41 Å². The monoisotopic (exact) mass is 272 g/mol. The molecule has 0 spiro atoms. The molecular formula is C11H13BrOS. The Morgan fingerprint density at radius 2 is 2.07 bits per heavy atom. The number of thioether (sulfide) groups is 1. The molecule has 14 heavy (non-hydrogen) atoms. The Morgan fingerprint density at radius 3 is 2.50 bits per heavy atom. The quantitative estimate of drug-likeness (QED) is 0.617. The van der Waals surface area contributed by atoms with Gasteiger partial charge in [-0.2, -0.15) is 0 Å². The summed E-state index contributed by atoms with van der Waals surface area (Å²) in [4.78, 5) is 12.1. The molecule has 0 radical (unpaired) electrons. The maximum Gasteiger partial charge on any atom is 0.129 e. The third kappa shape index (κ3) is 2.39. The van der Waals surface area contributed by atoms with Crippen LogP contribution in [0.25, 0.3) is 0 Å². The van der Waals surface area contributed by atoms with Gasteiger partial charge in [0.25, 0.3) is 0 Å². The molecule has 0 atom stereocenters. The third-order valence-electron chi connectivity index (χ3n) is 2.19. The second kappa shape index (κ2) is 4.49. The second-order valence-corrected chi connectivity index (χ2v) is 5.39. The van der Waals surface area contributed by atoms with Gasteiger partial charge in [0, 0.05) is 14.8 Å². The molecule has 0 bridgehead atoms. The van der Waals surface area contributed by atoms with E-state index >= 15 is 0 Å². The van der Waals surface area contributed by atoms with Crippen LogP contribution in [0.4, 0.5) is 0 Å². The first-order chi connectivity index (χ1) is 6.51. The molecule has 1 aromatic carbocycles. The highest BCUT2D eigenvalue weighted by Crippen LogP contribution is 2.30. The Morgan fingerprint density at radius 1 is 1.43 bits per heavy atom. The van der Waals surface area contributed by atoms with Crippen molar-refractivity contribution in [3.63, 3.8) is 0 Å². The van der Waals surface area contributed by atoms with E-state index in [2.05, 4.69) is 15.9 Å². The van der Waals surface area contributed by atoms with Gasteiger partial charge in [-0.25, -0.2) is 0 Å². The minimum absolute atomic E-state index is 0.403. The number of halogens is 1. The fourth-order valence-corrected chi connectivity index (χ4v) is 2.46. The van der Waals surface area contributed by atoms with Crippen LogP contribution >= 0.6 is 27.7 Å². The molecule has 0 heterocycles. The number of hydrogen-bond donors (Lipinski definition) is 0. The van der Waals surface area contributed by atoms with Crippen molar-refractivity contribution in [2.75, 3.05) is 6.26 Å². The van der Waals surface area contributed by atoms with Gasteiger partial charge in [0.1, 0.15) is 6.29 Å². The largest absolute Gasteiger partial charge is 0.302 e. The molecule has 0 N–H and O–H groups in total. The van der Waals surface area contributed by atoms with E-state index in [0.717, 1.165) is 16.3 Å². The van der Waals surface area contributed by atoms with Crippen molar-refractivity contribution in [3.8, 4) is 0 Å². The van der Waals surface area contributed by atoms with Gasteiger partial charge in [-0.1, -0.05) is 6.07 Å². The molecule has 0 aliphatic rings. The maximum atomic E-state index is 10.9. The second-order valence-electron chi connectivity index (χ2n) is 3.69. The highest BCUT2D eigenvalue weighted by Gasteiger charge is 2.19. The maximum absolute atomic E-state index is 10.9. The third-order valence-corrected chi connectivity index (χ3v) is 3.90. The van der Waals surface area contributed by atoms with Crippen molar-refractivity contribution >= 4 is 34.0 Å². The average molecular weight is 273 g/mol. The van der Waals surface area contributed by atoms with Gasteiger partial charge in [0.2, 0.25) is 0 Å². The van der Waals surface area contributed by atoms with Crippen LogP contribution in [0.3, 0.4) is 0 Å². The highest BCUT2D eigenvalue weighted by atomic mass is 79.9. The van der Waals surface area contributed by atoms with E-state index in [9.17, 15) is 4.79 Å². The Balaban J connectivity index is 3.15. The Kier molecular flexibility index (Phi) is 3.78. The number of carbonyl (C=O) groups excluding carboxylic acids is 1. The van der Waals surface area contributed by atoms with Crippen LogP contribution < -0.4 is 0 Å². The summed E-state index contributed by atoms with van der Waals surface area (Å²) < 4.78 is 1.05. The van der Waals surface area contributed by atoms with Crippen LogP contribution in [-0.2, 0) is 10.2 Å². The zero-order valence-electron chi connectivity index (χ0n) is 8.50. The molecule has 0 aliphatic heterocycles. The molecule has 0 aromatic heterocycles. The van der Waals surface area contributed by atoms with Crippen LogP contribution in [0.2, 0.25) is 0 Å². The van der Waals surface area contributed by atoms with Gasteiger partial charge in [-0.05, 0) is 53.7 Å². The predicted molar refractivity (Wildman–Crippen MR) is 65.0 cm³/mol. The molecular weight excluding hydrogens is 260 g/mol. The van der Waals surface area contributed by atoms with E-state index in [4.69, 9.17) is 0 Å². The first kappa shape index (κ1) is 11.8. The first-order valence-corrected chi connectivity index (χ1v) is 6.33. The van der Waals surface area contributed by atoms with Crippen LogP contribution in [0.5, 0.6) is 0 Å². The molecule has 0 unspecified atom stereocenters. The van der Waals surface area contributed by atoms with Gasteiger partial charge >= 0.3 is 0 Å². The molecule has 3 heteroatoms. The first-order valence-electron chi connectivity index (χ1n) is 4.31. The van der Waals surface area contributed by atoms with Crippen LogP contribution in [0.1, 0.15) is 19.4 Å². The summed E-state index contributed by atoms with van der Waals surface area (Å²) in [5.74, 6) is 0. The molecule has 0 saturated heterocycles. The van der Waals surface area contributed by atoms with E-state index in [1.165, 1.54) is 4.90 Å². The number of hydrogen-bond acceptors (Lipinski definition) is 2. The van der Waals surface area contributed by atoms with Crippen molar-refractivity contribution in [3.05, 3.63) is 28.2 Å². The number of carbonyl (C=O) groups is 1. The number of benzene rings is 1. The minimum Gasteiger partial charge on any atom is -0.302 e. The zero-order chi connectivity index (χ0) is 10.8. The molecule has 1 rings (SSSR count). The van der Waals surface area contributed by atoms with Crippen molar-refractivity contribution in [1.82, 2.24) is 0 Å². The highest BCUT2D eigenvalue weighted by molar-refractivity contribution is 9.10. The molecule has 0 aliphatic carbocycles. The Labute approximate surface area is 97.4 Å². The molecule has 76 valence electrons. The minimum atomic E-state index is -0.403. The standard InChI is InChI=1S/C11H13BrOS/c1-11(2,7-13)8-4-5-10(14-3)9(12)6-8/h4-7H,1-3H3. The zero-order valence-corrected chi connectivity index (χ0v) is 10.9. The lowest BCUT2D eigenvalue weighted by Crippen LogP contribution is -2.18. The lowest BCUT2D eigenvalue weighted by atomic mass is 9.86. The van der Waals surface area contributed by atoms with Crippen molar-refractivity contribution in [2.24, 2.45) is 0 Å². The fourth-order valence-electron chi connectivity index (χ4n) is 1.14. The van der Waals surface area contributed by atoms with Gasteiger partial charge in [-0.15, -0.1) is 11.8 Å². The molecule has 0 saturated carbocycles. The van der Waals surface area contributed by atoms with Crippen molar-refractivity contribution in [2.45, 2.75) is 24.2 Å². The molecule has 0 fully saturated rings. The Bertz CT molecular complexity index is 347. The van der Waals surface area contributed by atoms with Gasteiger partial charge in [0.05, 0.1) is 0 Å². The summed E-state index contributed by atoms with van der Waals surface area (Å²) >= 11 is 5.18. The number of aldehydes is 1. The van der Waals surface area contributed by atoms with Crippen LogP contribution in [0.15, 0.2) is 27.6 Å². The fraction of sp³-hybridized carbons (Fsp3) is 0.364.